The van der Waals surface area contributed by atoms with Gasteiger partial charge in [-0.2, -0.15) is 0 Å². The van der Waals surface area contributed by atoms with Crippen LogP contribution in [0.15, 0.2) is 23.6 Å². The summed E-state index contributed by atoms with van der Waals surface area (Å²) in [5.41, 5.74) is 6.84. The van der Waals surface area contributed by atoms with Gasteiger partial charge in [0, 0.05) is 21.1 Å². The molecule has 1 aromatic carbocycles. The Morgan fingerprint density at radius 1 is 1.29 bits per heavy atom. The van der Waals surface area contributed by atoms with E-state index < -0.39 is 0 Å². The van der Waals surface area contributed by atoms with Gasteiger partial charge in [-0.05, 0) is 18.2 Å². The molecule has 0 atom stereocenters. The Kier molecular flexibility index (Phi) is 3.83. The molecule has 2 rings (SSSR count). The number of nitrogens with two attached hydrogens (primary N) is 1. The van der Waals surface area contributed by atoms with Crippen LogP contribution >= 0.6 is 46.8 Å². The van der Waals surface area contributed by atoms with E-state index in [0.717, 1.165) is 5.69 Å². The molecule has 1 aromatic heterocycles. The first-order valence-electron chi connectivity index (χ1n) is 4.53. The third kappa shape index (κ3) is 3.29. The van der Waals surface area contributed by atoms with Gasteiger partial charge in [-0.25, -0.2) is 4.98 Å². The van der Waals surface area contributed by atoms with Gasteiger partial charge in [-0.1, -0.05) is 35.4 Å². The summed E-state index contributed by atoms with van der Waals surface area (Å²) in [5, 5.41) is 6.68. The molecule has 0 saturated carbocycles. The van der Waals surface area contributed by atoms with Gasteiger partial charge in [-0.3, -0.25) is 0 Å². The maximum Gasteiger partial charge on any atom is 0.187 e. The fourth-order valence-electron chi connectivity index (χ4n) is 1.19. The quantitative estimate of drug-likeness (QED) is 0.846. The standard InChI is InChI=1S/C10H7Cl2N3S2/c11-5-1-6(12)3-7(2-5)14-10-15-8(4-17-10)9(13)16/h1-4H,(H2,13,16)(H,14,15). The van der Waals surface area contributed by atoms with Crippen molar-refractivity contribution < 1.29 is 0 Å². The second kappa shape index (κ2) is 5.18. The molecule has 0 fully saturated rings. The molecule has 0 radical (unpaired) electrons. The van der Waals surface area contributed by atoms with Crippen molar-refractivity contribution in [2.75, 3.05) is 5.32 Å². The van der Waals surface area contributed by atoms with Gasteiger partial charge >= 0.3 is 0 Å². The van der Waals surface area contributed by atoms with E-state index in [9.17, 15) is 0 Å². The average molecular weight is 304 g/mol. The molecule has 0 amide bonds. The van der Waals surface area contributed by atoms with Crippen LogP contribution in [0, 0.1) is 0 Å². The van der Waals surface area contributed by atoms with Crippen molar-refractivity contribution in [3.63, 3.8) is 0 Å². The van der Waals surface area contributed by atoms with Crippen LogP contribution in [0.3, 0.4) is 0 Å². The topological polar surface area (TPSA) is 50.9 Å². The Morgan fingerprint density at radius 2 is 1.94 bits per heavy atom. The molecule has 0 bridgehead atoms. The van der Waals surface area contributed by atoms with E-state index >= 15 is 0 Å². The molecule has 3 nitrogen and oxygen atoms in total. The molecular formula is C10H7Cl2N3S2. The minimum Gasteiger partial charge on any atom is -0.388 e. The zero-order chi connectivity index (χ0) is 12.4. The fourth-order valence-corrected chi connectivity index (χ4v) is 2.63. The molecule has 2 aromatic rings. The second-order valence-electron chi connectivity index (χ2n) is 3.19. The van der Waals surface area contributed by atoms with Crippen LogP contribution in [0.1, 0.15) is 5.69 Å². The third-order valence-corrected chi connectivity index (χ3v) is 3.27. The predicted octanol–water partition coefficient (Wildman–Crippen LogP) is 3.83. The van der Waals surface area contributed by atoms with Crippen molar-refractivity contribution in [2.24, 2.45) is 5.73 Å². The highest BCUT2D eigenvalue weighted by Gasteiger charge is 2.05. The summed E-state index contributed by atoms with van der Waals surface area (Å²) < 4.78 is 0. The summed E-state index contributed by atoms with van der Waals surface area (Å²) in [6.07, 6.45) is 0. The first-order valence-corrected chi connectivity index (χ1v) is 6.57. The predicted molar refractivity (Wildman–Crippen MR) is 77.7 cm³/mol. The first-order chi connectivity index (χ1) is 8.04. The lowest BCUT2D eigenvalue weighted by Gasteiger charge is -2.03. The molecule has 7 heteroatoms. The second-order valence-corrected chi connectivity index (χ2v) is 5.36. The molecule has 3 N–H and O–H groups in total. The Balaban J connectivity index is 2.22. The minimum atomic E-state index is 0.276. The van der Waals surface area contributed by atoms with Gasteiger partial charge < -0.3 is 11.1 Å². The Morgan fingerprint density at radius 3 is 2.47 bits per heavy atom. The number of aromatic nitrogens is 1. The summed E-state index contributed by atoms with van der Waals surface area (Å²) >= 11 is 18.0. The maximum atomic E-state index is 5.89. The monoisotopic (exact) mass is 303 g/mol. The molecule has 0 spiro atoms. The van der Waals surface area contributed by atoms with Crippen molar-refractivity contribution >= 4 is 62.6 Å². The first kappa shape index (κ1) is 12.6. The van der Waals surface area contributed by atoms with Crippen LogP contribution < -0.4 is 11.1 Å². The van der Waals surface area contributed by atoms with Crippen LogP contribution in [0.2, 0.25) is 10.0 Å². The maximum absolute atomic E-state index is 5.89. The highest BCUT2D eigenvalue weighted by molar-refractivity contribution is 7.80. The highest BCUT2D eigenvalue weighted by atomic mass is 35.5. The zero-order valence-electron chi connectivity index (χ0n) is 8.41. The Labute approximate surface area is 118 Å². The number of halogens is 2. The van der Waals surface area contributed by atoms with Crippen molar-refractivity contribution in [2.45, 2.75) is 0 Å². The number of benzene rings is 1. The van der Waals surface area contributed by atoms with Gasteiger partial charge in [0.2, 0.25) is 0 Å². The van der Waals surface area contributed by atoms with Crippen molar-refractivity contribution in [3.05, 3.63) is 39.3 Å². The summed E-state index contributed by atoms with van der Waals surface area (Å²) in [6, 6.07) is 5.18. The van der Waals surface area contributed by atoms with E-state index in [0.29, 0.717) is 20.9 Å². The van der Waals surface area contributed by atoms with Crippen molar-refractivity contribution in [1.82, 2.24) is 4.98 Å². The van der Waals surface area contributed by atoms with E-state index in [1.54, 1.807) is 23.6 Å². The summed E-state index contributed by atoms with van der Waals surface area (Å²) in [5.74, 6) is 0. The van der Waals surface area contributed by atoms with Gasteiger partial charge in [0.05, 0.1) is 0 Å². The number of hydrogen-bond acceptors (Lipinski definition) is 4. The number of thiocarbonyl (C=S) groups is 1. The van der Waals surface area contributed by atoms with Crippen LogP contribution in [0.4, 0.5) is 10.8 Å². The Bertz CT molecular complexity index is 548. The lowest BCUT2D eigenvalue weighted by molar-refractivity contribution is 1.36. The van der Waals surface area contributed by atoms with Gasteiger partial charge in [0.25, 0.3) is 0 Å². The molecule has 0 aliphatic heterocycles. The SMILES string of the molecule is NC(=S)c1csc(Nc2cc(Cl)cc(Cl)c2)n1. The van der Waals surface area contributed by atoms with Crippen LogP contribution in [0.5, 0.6) is 0 Å². The van der Waals surface area contributed by atoms with E-state index in [1.165, 1.54) is 11.3 Å². The zero-order valence-corrected chi connectivity index (χ0v) is 11.6. The van der Waals surface area contributed by atoms with Crippen molar-refractivity contribution in [3.8, 4) is 0 Å². The van der Waals surface area contributed by atoms with Crippen LogP contribution in [0.25, 0.3) is 0 Å². The number of nitrogens with zero attached hydrogens (tertiary/aromatic N) is 1. The lowest BCUT2D eigenvalue weighted by atomic mass is 10.3. The van der Waals surface area contributed by atoms with Crippen LogP contribution in [-0.4, -0.2) is 9.97 Å². The van der Waals surface area contributed by atoms with Gasteiger partial charge in [0.1, 0.15) is 10.7 Å². The summed E-state index contributed by atoms with van der Waals surface area (Å²) in [6.45, 7) is 0. The molecule has 1 heterocycles. The molecule has 0 saturated heterocycles. The largest absolute Gasteiger partial charge is 0.388 e. The summed E-state index contributed by atoms with van der Waals surface area (Å²) in [4.78, 5) is 4.50. The van der Waals surface area contributed by atoms with E-state index in [1.807, 2.05) is 0 Å². The third-order valence-electron chi connectivity index (χ3n) is 1.87. The number of nitrogens with one attached hydrogen (secondary N) is 1. The molecule has 0 unspecified atom stereocenters. The highest BCUT2D eigenvalue weighted by Crippen LogP contribution is 2.26. The van der Waals surface area contributed by atoms with Gasteiger partial charge in [0.15, 0.2) is 5.13 Å². The van der Waals surface area contributed by atoms with Gasteiger partial charge in [-0.15, -0.1) is 11.3 Å². The smallest absolute Gasteiger partial charge is 0.187 e. The number of anilines is 2. The molecule has 17 heavy (non-hydrogen) atoms. The van der Waals surface area contributed by atoms with E-state index in [-0.39, 0.29) is 4.99 Å². The van der Waals surface area contributed by atoms with E-state index in [2.05, 4.69) is 10.3 Å². The average Bonchev–Trinajstić information content (AvgIpc) is 2.64. The van der Waals surface area contributed by atoms with Crippen LogP contribution in [-0.2, 0) is 0 Å². The van der Waals surface area contributed by atoms with Crippen molar-refractivity contribution in [1.29, 1.82) is 0 Å². The number of hydrogen-bond donors (Lipinski definition) is 2. The molecule has 88 valence electrons. The lowest BCUT2D eigenvalue weighted by Crippen LogP contribution is -2.09. The normalized spacial score (nSPS) is 10.2. The van der Waals surface area contributed by atoms with E-state index in [4.69, 9.17) is 41.2 Å². The number of rotatable bonds is 3. The summed E-state index contributed by atoms with van der Waals surface area (Å²) in [7, 11) is 0. The molecular weight excluding hydrogens is 297 g/mol. The minimum absolute atomic E-state index is 0.276. The molecule has 0 aliphatic carbocycles. The number of thiazole rings is 1. The Hall–Kier alpha value is -0.880. The molecule has 0 aliphatic rings. The fraction of sp³-hybridized carbons (Fsp3) is 0.